The Bertz CT molecular complexity index is 532. The van der Waals surface area contributed by atoms with Gasteiger partial charge in [0.1, 0.15) is 34.5 Å². The van der Waals surface area contributed by atoms with E-state index in [4.69, 9.17) is 4.74 Å². The second kappa shape index (κ2) is 4.61. The van der Waals surface area contributed by atoms with Crippen LogP contribution in [0.1, 0.15) is 11.1 Å². The molecule has 4 N–H and O–H groups in total. The van der Waals surface area contributed by atoms with E-state index < -0.39 is 0 Å². The molecule has 0 amide bonds. The Morgan fingerprint density at radius 3 is 1.16 bits per heavy atom. The van der Waals surface area contributed by atoms with Crippen LogP contribution in [-0.2, 0) is 0 Å². The van der Waals surface area contributed by atoms with Crippen molar-refractivity contribution in [1.82, 2.24) is 0 Å². The second-order valence-corrected chi connectivity index (χ2v) is 4.28. The first kappa shape index (κ1) is 12.9. The second-order valence-electron chi connectivity index (χ2n) is 4.28. The van der Waals surface area contributed by atoms with Crippen molar-refractivity contribution in [3.8, 4) is 34.5 Å². The standard InChI is InChI=1S/C14H14O5/c1-7-11(15)3-9(4-12(7)16)19-10-5-13(17)8(2)14(18)6-10/h3-6,15-18H,1-2H3. The predicted molar refractivity (Wildman–Crippen MR) is 69.1 cm³/mol. The van der Waals surface area contributed by atoms with Gasteiger partial charge in [0, 0.05) is 35.4 Å². The minimum absolute atomic E-state index is 0.101. The molecule has 5 nitrogen and oxygen atoms in total. The number of phenols is 4. The summed E-state index contributed by atoms with van der Waals surface area (Å²) in [5.74, 6) is -0.0104. The number of ether oxygens (including phenoxy) is 1. The van der Waals surface area contributed by atoms with E-state index in [1.54, 1.807) is 13.8 Å². The highest BCUT2D eigenvalue weighted by Gasteiger charge is 2.10. The predicted octanol–water partition coefficient (Wildman–Crippen LogP) is 2.92. The topological polar surface area (TPSA) is 90.2 Å². The van der Waals surface area contributed by atoms with Gasteiger partial charge in [-0.25, -0.2) is 0 Å². The van der Waals surface area contributed by atoms with Crippen molar-refractivity contribution in [2.75, 3.05) is 0 Å². The molecular weight excluding hydrogens is 248 g/mol. The van der Waals surface area contributed by atoms with Crippen LogP contribution < -0.4 is 4.74 Å². The van der Waals surface area contributed by atoms with Crippen LogP contribution in [-0.4, -0.2) is 20.4 Å². The molecule has 0 bridgehead atoms. The van der Waals surface area contributed by atoms with E-state index >= 15 is 0 Å². The summed E-state index contributed by atoms with van der Waals surface area (Å²) >= 11 is 0. The normalized spacial score (nSPS) is 10.4. The summed E-state index contributed by atoms with van der Waals surface area (Å²) in [5, 5.41) is 38.3. The molecule has 0 saturated heterocycles. The zero-order valence-electron chi connectivity index (χ0n) is 10.5. The van der Waals surface area contributed by atoms with E-state index in [0.717, 1.165) is 0 Å². The van der Waals surface area contributed by atoms with Crippen molar-refractivity contribution in [2.24, 2.45) is 0 Å². The van der Waals surface area contributed by atoms with E-state index in [1.165, 1.54) is 24.3 Å². The first-order valence-corrected chi connectivity index (χ1v) is 5.61. The van der Waals surface area contributed by atoms with E-state index in [-0.39, 0.29) is 34.5 Å². The highest BCUT2D eigenvalue weighted by atomic mass is 16.5. The maximum Gasteiger partial charge on any atom is 0.134 e. The monoisotopic (exact) mass is 262 g/mol. The maximum atomic E-state index is 9.57. The largest absolute Gasteiger partial charge is 0.507 e. The lowest BCUT2D eigenvalue weighted by Gasteiger charge is -2.10. The molecule has 0 aliphatic carbocycles. The Balaban J connectivity index is 2.36. The summed E-state index contributed by atoms with van der Waals surface area (Å²) in [7, 11) is 0. The molecule has 0 spiro atoms. The molecule has 19 heavy (non-hydrogen) atoms. The van der Waals surface area contributed by atoms with Crippen molar-refractivity contribution >= 4 is 0 Å². The Labute approximate surface area is 110 Å². The quantitative estimate of drug-likeness (QED) is 0.668. The van der Waals surface area contributed by atoms with Gasteiger partial charge in [-0.1, -0.05) is 0 Å². The lowest BCUT2D eigenvalue weighted by Crippen LogP contribution is -1.87. The summed E-state index contributed by atoms with van der Waals surface area (Å²) in [6, 6.07) is 5.35. The van der Waals surface area contributed by atoms with Crippen LogP contribution in [0, 0.1) is 13.8 Å². The molecule has 100 valence electrons. The number of benzene rings is 2. The molecule has 5 heteroatoms. The van der Waals surface area contributed by atoms with Crippen LogP contribution in [0.15, 0.2) is 24.3 Å². The van der Waals surface area contributed by atoms with Gasteiger partial charge in [0.25, 0.3) is 0 Å². The van der Waals surface area contributed by atoms with Gasteiger partial charge in [-0.3, -0.25) is 0 Å². The highest BCUT2D eigenvalue weighted by molar-refractivity contribution is 5.52. The van der Waals surface area contributed by atoms with Crippen LogP contribution >= 0.6 is 0 Å². The highest BCUT2D eigenvalue weighted by Crippen LogP contribution is 2.37. The Morgan fingerprint density at radius 1 is 0.632 bits per heavy atom. The van der Waals surface area contributed by atoms with Gasteiger partial charge in [0.2, 0.25) is 0 Å². The lowest BCUT2D eigenvalue weighted by molar-refractivity contribution is 0.415. The van der Waals surface area contributed by atoms with Crippen LogP contribution in [0.3, 0.4) is 0 Å². The molecule has 0 aliphatic heterocycles. The van der Waals surface area contributed by atoms with Gasteiger partial charge < -0.3 is 25.2 Å². The molecule has 0 radical (unpaired) electrons. The fourth-order valence-electron chi connectivity index (χ4n) is 1.57. The van der Waals surface area contributed by atoms with Crippen LogP contribution in [0.4, 0.5) is 0 Å². The van der Waals surface area contributed by atoms with Crippen molar-refractivity contribution in [2.45, 2.75) is 13.8 Å². The zero-order chi connectivity index (χ0) is 14.2. The van der Waals surface area contributed by atoms with Crippen molar-refractivity contribution in [3.05, 3.63) is 35.4 Å². The van der Waals surface area contributed by atoms with E-state index in [2.05, 4.69) is 0 Å². The minimum Gasteiger partial charge on any atom is -0.507 e. The molecule has 0 heterocycles. The fraction of sp³-hybridized carbons (Fsp3) is 0.143. The smallest absolute Gasteiger partial charge is 0.134 e. The molecule has 0 aliphatic rings. The minimum atomic E-state index is -0.101. The van der Waals surface area contributed by atoms with Crippen LogP contribution in [0.2, 0.25) is 0 Å². The first-order valence-electron chi connectivity index (χ1n) is 5.61. The Morgan fingerprint density at radius 2 is 0.895 bits per heavy atom. The molecule has 0 atom stereocenters. The van der Waals surface area contributed by atoms with Crippen molar-refractivity contribution < 1.29 is 25.2 Å². The average molecular weight is 262 g/mol. The first-order chi connectivity index (χ1) is 8.88. The molecule has 2 aromatic rings. The zero-order valence-corrected chi connectivity index (χ0v) is 10.5. The van der Waals surface area contributed by atoms with Gasteiger partial charge in [0.15, 0.2) is 0 Å². The lowest BCUT2D eigenvalue weighted by atomic mass is 10.2. The molecule has 0 saturated carbocycles. The Hall–Kier alpha value is -2.56. The van der Waals surface area contributed by atoms with Gasteiger partial charge in [-0.2, -0.15) is 0 Å². The summed E-state index contributed by atoms with van der Waals surface area (Å²) in [6.45, 7) is 3.13. The number of aromatic hydroxyl groups is 4. The van der Waals surface area contributed by atoms with Gasteiger partial charge in [-0.15, -0.1) is 0 Å². The van der Waals surface area contributed by atoms with Gasteiger partial charge in [-0.05, 0) is 13.8 Å². The summed E-state index contributed by atoms with van der Waals surface area (Å²) in [4.78, 5) is 0. The van der Waals surface area contributed by atoms with E-state index in [0.29, 0.717) is 11.1 Å². The molecule has 0 aromatic heterocycles. The molecular formula is C14H14O5. The fourth-order valence-corrected chi connectivity index (χ4v) is 1.57. The molecule has 0 fully saturated rings. The van der Waals surface area contributed by atoms with Crippen LogP contribution in [0.5, 0.6) is 34.5 Å². The molecule has 2 aromatic carbocycles. The third-order valence-corrected chi connectivity index (χ3v) is 2.89. The Kier molecular flexibility index (Phi) is 3.12. The van der Waals surface area contributed by atoms with Crippen molar-refractivity contribution in [3.63, 3.8) is 0 Å². The van der Waals surface area contributed by atoms with Crippen LogP contribution in [0.25, 0.3) is 0 Å². The van der Waals surface area contributed by atoms with Gasteiger partial charge >= 0.3 is 0 Å². The van der Waals surface area contributed by atoms with Gasteiger partial charge in [0.05, 0.1) is 0 Å². The molecule has 2 rings (SSSR count). The number of hydrogen-bond acceptors (Lipinski definition) is 5. The third kappa shape index (κ3) is 2.49. The summed E-state index contributed by atoms with van der Waals surface area (Å²) in [5.41, 5.74) is 0.698. The van der Waals surface area contributed by atoms with E-state index in [1.807, 2.05) is 0 Å². The third-order valence-electron chi connectivity index (χ3n) is 2.89. The maximum absolute atomic E-state index is 9.57. The number of rotatable bonds is 2. The summed E-state index contributed by atoms with van der Waals surface area (Å²) < 4.78 is 5.37. The average Bonchev–Trinajstić information content (AvgIpc) is 2.33. The van der Waals surface area contributed by atoms with E-state index in [9.17, 15) is 20.4 Å². The molecule has 0 unspecified atom stereocenters. The summed E-state index contributed by atoms with van der Waals surface area (Å²) in [6.07, 6.45) is 0. The van der Waals surface area contributed by atoms with Crippen molar-refractivity contribution in [1.29, 1.82) is 0 Å². The number of phenolic OH excluding ortho intramolecular Hbond substituents is 4. The SMILES string of the molecule is Cc1c(O)cc(Oc2cc(O)c(C)c(O)c2)cc1O. The number of hydrogen-bond donors (Lipinski definition) is 4.